The third-order valence-corrected chi connectivity index (χ3v) is 2.07. The summed E-state index contributed by atoms with van der Waals surface area (Å²) in [4.78, 5) is 2.18. The number of rotatable bonds is 8. The first-order valence-electron chi connectivity index (χ1n) is 5.33. The van der Waals surface area contributed by atoms with Crippen LogP contribution in [0.1, 0.15) is 20.8 Å². The van der Waals surface area contributed by atoms with E-state index in [1.165, 1.54) is 5.57 Å². The van der Waals surface area contributed by atoms with E-state index < -0.39 is 0 Å². The summed E-state index contributed by atoms with van der Waals surface area (Å²) in [7, 11) is 0. The van der Waals surface area contributed by atoms with E-state index in [-0.39, 0.29) is 6.61 Å². The average molecular weight is 200 g/mol. The van der Waals surface area contributed by atoms with Gasteiger partial charge in [-0.05, 0) is 12.1 Å². The summed E-state index contributed by atoms with van der Waals surface area (Å²) in [5.41, 5.74) is 1.18. The molecule has 0 radical (unpaired) electrons. The second kappa shape index (κ2) is 7.97. The van der Waals surface area contributed by atoms with Crippen LogP contribution < -0.4 is 5.32 Å². The average Bonchev–Trinajstić information content (AvgIpc) is 2.14. The van der Waals surface area contributed by atoms with Crippen LogP contribution in [-0.4, -0.2) is 48.8 Å². The van der Waals surface area contributed by atoms with E-state index in [2.05, 4.69) is 37.6 Å². The lowest BCUT2D eigenvalue weighted by molar-refractivity contribution is 0.211. The van der Waals surface area contributed by atoms with Gasteiger partial charge in [0.1, 0.15) is 0 Å². The minimum atomic E-state index is 0.221. The Morgan fingerprint density at radius 1 is 1.50 bits per heavy atom. The van der Waals surface area contributed by atoms with E-state index >= 15 is 0 Å². The number of aliphatic hydroxyl groups excluding tert-OH is 1. The van der Waals surface area contributed by atoms with Crippen LogP contribution in [0.2, 0.25) is 0 Å². The van der Waals surface area contributed by atoms with Gasteiger partial charge >= 0.3 is 0 Å². The minimum absolute atomic E-state index is 0.221. The zero-order valence-electron chi connectivity index (χ0n) is 9.71. The first-order valence-corrected chi connectivity index (χ1v) is 5.33. The van der Waals surface area contributed by atoms with Crippen LogP contribution in [0.15, 0.2) is 12.2 Å². The molecule has 0 saturated carbocycles. The fourth-order valence-corrected chi connectivity index (χ4v) is 1.21. The van der Waals surface area contributed by atoms with Gasteiger partial charge in [0, 0.05) is 25.7 Å². The monoisotopic (exact) mass is 200 g/mol. The molecule has 0 aromatic rings. The van der Waals surface area contributed by atoms with Gasteiger partial charge < -0.3 is 10.4 Å². The van der Waals surface area contributed by atoms with E-state index in [0.717, 1.165) is 26.2 Å². The number of aliphatic hydroxyl groups is 1. The predicted molar refractivity (Wildman–Crippen MR) is 61.5 cm³/mol. The van der Waals surface area contributed by atoms with Crippen LogP contribution in [0.5, 0.6) is 0 Å². The smallest absolute Gasteiger partial charge is 0.0558 e. The maximum atomic E-state index is 8.81. The van der Waals surface area contributed by atoms with Gasteiger partial charge in [0.2, 0.25) is 0 Å². The van der Waals surface area contributed by atoms with Gasteiger partial charge in [0.25, 0.3) is 0 Å². The van der Waals surface area contributed by atoms with Crippen molar-refractivity contribution in [3.8, 4) is 0 Å². The van der Waals surface area contributed by atoms with Gasteiger partial charge in [-0.15, -0.1) is 0 Å². The van der Waals surface area contributed by atoms with Gasteiger partial charge in [0.15, 0.2) is 0 Å². The van der Waals surface area contributed by atoms with Crippen molar-refractivity contribution in [2.24, 2.45) is 0 Å². The standard InChI is InChI=1S/C11H24N2O/c1-5-13(6-7-14)9-11(4)8-12-10(2)3/h10,12,14H,4-9H2,1-3H3. The fraction of sp³-hybridized carbons (Fsp3) is 0.818. The first kappa shape index (κ1) is 13.6. The molecule has 0 spiro atoms. The number of nitrogens with one attached hydrogen (secondary N) is 1. The van der Waals surface area contributed by atoms with Crippen molar-refractivity contribution in [2.45, 2.75) is 26.8 Å². The maximum Gasteiger partial charge on any atom is 0.0558 e. The molecule has 84 valence electrons. The highest BCUT2D eigenvalue weighted by Crippen LogP contribution is 1.95. The highest BCUT2D eigenvalue weighted by molar-refractivity contribution is 4.99. The van der Waals surface area contributed by atoms with Crippen LogP contribution in [0.25, 0.3) is 0 Å². The molecule has 0 aliphatic rings. The molecule has 0 amide bonds. The van der Waals surface area contributed by atoms with Gasteiger partial charge in [-0.1, -0.05) is 27.4 Å². The SMILES string of the molecule is C=C(CNC(C)C)CN(CC)CCO. The molecule has 3 heteroatoms. The second-order valence-electron chi connectivity index (χ2n) is 3.88. The normalized spacial score (nSPS) is 11.3. The lowest BCUT2D eigenvalue weighted by atomic mass is 10.2. The van der Waals surface area contributed by atoms with E-state index in [1.54, 1.807) is 0 Å². The Morgan fingerprint density at radius 3 is 2.57 bits per heavy atom. The van der Waals surface area contributed by atoms with Crippen molar-refractivity contribution < 1.29 is 5.11 Å². The van der Waals surface area contributed by atoms with Crippen LogP contribution in [-0.2, 0) is 0 Å². The first-order chi connectivity index (χ1) is 6.60. The summed E-state index contributed by atoms with van der Waals surface area (Å²) in [6.45, 7) is 14.0. The van der Waals surface area contributed by atoms with E-state index in [0.29, 0.717) is 6.04 Å². The lowest BCUT2D eigenvalue weighted by Crippen LogP contribution is -2.33. The number of hydrogen-bond acceptors (Lipinski definition) is 3. The summed E-state index contributed by atoms with van der Waals surface area (Å²) in [5.74, 6) is 0. The topological polar surface area (TPSA) is 35.5 Å². The molecule has 0 fully saturated rings. The Kier molecular flexibility index (Phi) is 7.76. The molecule has 0 aromatic carbocycles. The highest BCUT2D eigenvalue weighted by atomic mass is 16.3. The van der Waals surface area contributed by atoms with Gasteiger partial charge in [0.05, 0.1) is 6.61 Å². The van der Waals surface area contributed by atoms with Crippen LogP contribution in [0, 0.1) is 0 Å². The summed E-state index contributed by atoms with van der Waals surface area (Å²) in [6, 6.07) is 0.500. The summed E-state index contributed by atoms with van der Waals surface area (Å²) in [5, 5.41) is 12.1. The molecule has 0 aliphatic heterocycles. The zero-order valence-corrected chi connectivity index (χ0v) is 9.71. The highest BCUT2D eigenvalue weighted by Gasteiger charge is 2.03. The molecular weight excluding hydrogens is 176 g/mol. The molecule has 14 heavy (non-hydrogen) atoms. The van der Waals surface area contributed by atoms with Crippen molar-refractivity contribution in [1.82, 2.24) is 10.2 Å². The van der Waals surface area contributed by atoms with Gasteiger partial charge in [-0.25, -0.2) is 0 Å². The molecule has 0 saturated heterocycles. The molecule has 0 aromatic heterocycles. The molecular formula is C11H24N2O. The van der Waals surface area contributed by atoms with E-state index in [1.807, 2.05) is 0 Å². The molecule has 0 heterocycles. The van der Waals surface area contributed by atoms with E-state index in [9.17, 15) is 0 Å². The number of nitrogens with zero attached hydrogens (tertiary/aromatic N) is 1. The summed E-state index contributed by atoms with van der Waals surface area (Å²) in [6.07, 6.45) is 0. The van der Waals surface area contributed by atoms with Crippen molar-refractivity contribution in [3.05, 3.63) is 12.2 Å². The minimum Gasteiger partial charge on any atom is -0.395 e. The molecule has 3 nitrogen and oxygen atoms in total. The Hall–Kier alpha value is -0.380. The van der Waals surface area contributed by atoms with E-state index in [4.69, 9.17) is 5.11 Å². The second-order valence-corrected chi connectivity index (χ2v) is 3.88. The molecule has 0 unspecified atom stereocenters. The Labute approximate surface area is 87.8 Å². The van der Waals surface area contributed by atoms with Gasteiger partial charge in [-0.2, -0.15) is 0 Å². The van der Waals surface area contributed by atoms with Crippen molar-refractivity contribution in [3.63, 3.8) is 0 Å². The number of likely N-dealkylation sites (N-methyl/N-ethyl adjacent to an activating group) is 1. The molecule has 0 bridgehead atoms. The third-order valence-electron chi connectivity index (χ3n) is 2.07. The third kappa shape index (κ3) is 7.06. The van der Waals surface area contributed by atoms with Gasteiger partial charge in [-0.3, -0.25) is 4.90 Å². The number of hydrogen-bond donors (Lipinski definition) is 2. The molecule has 0 aliphatic carbocycles. The predicted octanol–water partition coefficient (Wildman–Crippen LogP) is 0.855. The Bertz CT molecular complexity index is 157. The van der Waals surface area contributed by atoms with Crippen LogP contribution in [0.4, 0.5) is 0 Å². The quantitative estimate of drug-likeness (QED) is 0.570. The Balaban J connectivity index is 3.67. The Morgan fingerprint density at radius 2 is 2.14 bits per heavy atom. The maximum absolute atomic E-state index is 8.81. The zero-order chi connectivity index (χ0) is 11.0. The molecule has 0 atom stereocenters. The molecule has 0 rings (SSSR count). The van der Waals surface area contributed by atoms with Crippen molar-refractivity contribution in [1.29, 1.82) is 0 Å². The summed E-state index contributed by atoms with van der Waals surface area (Å²) >= 11 is 0. The fourth-order valence-electron chi connectivity index (χ4n) is 1.21. The largest absolute Gasteiger partial charge is 0.395 e. The summed E-state index contributed by atoms with van der Waals surface area (Å²) < 4.78 is 0. The van der Waals surface area contributed by atoms with Crippen LogP contribution in [0.3, 0.4) is 0 Å². The van der Waals surface area contributed by atoms with Crippen LogP contribution >= 0.6 is 0 Å². The van der Waals surface area contributed by atoms with Crippen molar-refractivity contribution in [2.75, 3.05) is 32.8 Å². The van der Waals surface area contributed by atoms with Crippen molar-refractivity contribution >= 4 is 0 Å². The molecule has 2 N–H and O–H groups in total. The lowest BCUT2D eigenvalue weighted by Gasteiger charge is -2.21.